The molecule has 25 heavy (non-hydrogen) atoms. The number of hydrogen-bond acceptors (Lipinski definition) is 3. The molecule has 3 nitrogen and oxygen atoms in total. The molecule has 0 fully saturated rings. The Hall–Kier alpha value is -2.22. The zero-order valence-electron chi connectivity index (χ0n) is 14.0. The van der Waals surface area contributed by atoms with Crippen molar-refractivity contribution in [2.24, 2.45) is 0 Å². The molecule has 0 saturated carbocycles. The van der Waals surface area contributed by atoms with Crippen molar-refractivity contribution < 1.29 is 4.79 Å². The molecule has 0 heterocycles. The molecule has 0 aliphatic carbocycles. The van der Waals surface area contributed by atoms with Gasteiger partial charge in [-0.25, -0.2) is 0 Å². The van der Waals surface area contributed by atoms with E-state index in [2.05, 4.69) is 12.6 Å². The average Bonchev–Trinajstić information content (AvgIpc) is 2.63. The van der Waals surface area contributed by atoms with E-state index in [0.717, 1.165) is 10.5 Å². The molecule has 128 valence electrons. The fourth-order valence-corrected chi connectivity index (χ4v) is 3.57. The summed E-state index contributed by atoms with van der Waals surface area (Å²) in [6.07, 6.45) is 1.72. The number of nitrogens with zero attached hydrogens (tertiary/aromatic N) is 2. The molecule has 0 aliphatic heterocycles. The highest BCUT2D eigenvalue weighted by Gasteiger charge is 2.21. The predicted molar refractivity (Wildman–Crippen MR) is 104 cm³/mol. The van der Waals surface area contributed by atoms with Gasteiger partial charge in [-0.3, -0.25) is 4.79 Å². The van der Waals surface area contributed by atoms with Crippen LogP contribution in [0.1, 0.15) is 18.1 Å². The number of halogens is 1. The van der Waals surface area contributed by atoms with Crippen molar-refractivity contribution in [3.05, 3.63) is 77.3 Å². The molecule has 1 unspecified atom stereocenters. The zero-order chi connectivity index (χ0) is 18.2. The molecule has 2 rings (SSSR count). The number of thioether (sulfide) groups is 1. The van der Waals surface area contributed by atoms with Gasteiger partial charge in [-0.1, -0.05) is 41.9 Å². The summed E-state index contributed by atoms with van der Waals surface area (Å²) in [5, 5.41) is 9.26. The Kier molecular flexibility index (Phi) is 7.12. The van der Waals surface area contributed by atoms with E-state index in [9.17, 15) is 4.79 Å². The van der Waals surface area contributed by atoms with Gasteiger partial charge in [-0.2, -0.15) is 5.26 Å². The maximum absolute atomic E-state index is 12.8. The van der Waals surface area contributed by atoms with Crippen molar-refractivity contribution in [2.45, 2.75) is 23.6 Å². The van der Waals surface area contributed by atoms with E-state index in [1.807, 2.05) is 43.3 Å². The van der Waals surface area contributed by atoms with Crippen molar-refractivity contribution in [3.8, 4) is 6.07 Å². The summed E-state index contributed by atoms with van der Waals surface area (Å²) >= 11 is 7.63. The van der Waals surface area contributed by atoms with Crippen LogP contribution in [0.3, 0.4) is 0 Å². The number of nitriles is 1. The quantitative estimate of drug-likeness (QED) is 0.514. The maximum Gasteiger partial charge on any atom is 0.236 e. The van der Waals surface area contributed by atoms with E-state index in [1.165, 1.54) is 11.8 Å². The zero-order valence-corrected chi connectivity index (χ0v) is 15.6. The standard InChI is InChI=1S/C20H19ClN2OS/c1-3-12-23(14-17-10-8-16(13-22)9-11-17)20(24)15(2)25-19-7-5-4-6-18(19)21/h3-11,15H,1,12,14H2,2H3. The van der Waals surface area contributed by atoms with Crippen LogP contribution in [0.2, 0.25) is 5.02 Å². The van der Waals surface area contributed by atoms with Gasteiger partial charge < -0.3 is 4.90 Å². The highest BCUT2D eigenvalue weighted by atomic mass is 35.5. The van der Waals surface area contributed by atoms with Gasteiger partial charge in [0.2, 0.25) is 5.91 Å². The molecule has 1 amide bonds. The molecular formula is C20H19ClN2OS. The summed E-state index contributed by atoms with van der Waals surface area (Å²) in [4.78, 5) is 15.5. The molecule has 5 heteroatoms. The average molecular weight is 371 g/mol. The molecular weight excluding hydrogens is 352 g/mol. The van der Waals surface area contributed by atoms with E-state index >= 15 is 0 Å². The summed E-state index contributed by atoms with van der Waals surface area (Å²) in [7, 11) is 0. The van der Waals surface area contributed by atoms with Crippen molar-refractivity contribution >= 4 is 29.3 Å². The minimum atomic E-state index is -0.266. The summed E-state index contributed by atoms with van der Waals surface area (Å²) in [6, 6.07) is 16.9. The molecule has 2 aromatic carbocycles. The van der Waals surface area contributed by atoms with Crippen LogP contribution in [-0.2, 0) is 11.3 Å². The van der Waals surface area contributed by atoms with Crippen LogP contribution in [-0.4, -0.2) is 22.6 Å². The smallest absolute Gasteiger partial charge is 0.236 e. The SMILES string of the molecule is C=CCN(Cc1ccc(C#N)cc1)C(=O)C(C)Sc1ccccc1Cl. The molecule has 0 radical (unpaired) electrons. The van der Waals surface area contributed by atoms with Crippen molar-refractivity contribution in [2.75, 3.05) is 6.54 Å². The van der Waals surface area contributed by atoms with Crippen molar-refractivity contribution in [1.82, 2.24) is 4.90 Å². The largest absolute Gasteiger partial charge is 0.334 e. The summed E-state index contributed by atoms with van der Waals surface area (Å²) < 4.78 is 0. The van der Waals surface area contributed by atoms with Crippen LogP contribution in [0, 0.1) is 11.3 Å². The predicted octanol–water partition coefficient (Wildman–Crippen LogP) is 4.91. The van der Waals surface area contributed by atoms with E-state index < -0.39 is 0 Å². The molecule has 0 aliphatic rings. The Morgan fingerprint density at radius 3 is 2.60 bits per heavy atom. The number of hydrogen-bond donors (Lipinski definition) is 0. The van der Waals surface area contributed by atoms with Crippen LogP contribution in [0.25, 0.3) is 0 Å². The third kappa shape index (κ3) is 5.38. The lowest BCUT2D eigenvalue weighted by Gasteiger charge is -2.24. The number of benzene rings is 2. The minimum absolute atomic E-state index is 0.0224. The Bertz CT molecular complexity index is 783. The third-order valence-corrected chi connectivity index (χ3v) is 5.21. The first-order valence-electron chi connectivity index (χ1n) is 7.85. The number of carbonyl (C=O) groups excluding carboxylic acids is 1. The summed E-state index contributed by atoms with van der Waals surface area (Å²) in [5.41, 5.74) is 1.58. The van der Waals surface area contributed by atoms with Gasteiger partial charge in [0.05, 0.1) is 21.9 Å². The van der Waals surface area contributed by atoms with Crippen LogP contribution in [0.4, 0.5) is 0 Å². The summed E-state index contributed by atoms with van der Waals surface area (Å²) in [6.45, 7) is 6.57. The molecule has 0 saturated heterocycles. The number of amides is 1. The van der Waals surface area contributed by atoms with Crippen LogP contribution >= 0.6 is 23.4 Å². The maximum atomic E-state index is 12.8. The molecule has 2 aromatic rings. The molecule has 0 aromatic heterocycles. The lowest BCUT2D eigenvalue weighted by molar-refractivity contribution is -0.130. The van der Waals surface area contributed by atoms with Gasteiger partial charge >= 0.3 is 0 Å². The van der Waals surface area contributed by atoms with E-state index in [-0.39, 0.29) is 11.2 Å². The van der Waals surface area contributed by atoms with E-state index in [0.29, 0.717) is 23.7 Å². The van der Waals surface area contributed by atoms with Crippen LogP contribution in [0.15, 0.2) is 66.1 Å². The lowest BCUT2D eigenvalue weighted by Crippen LogP contribution is -2.36. The molecule has 0 bridgehead atoms. The monoisotopic (exact) mass is 370 g/mol. The first kappa shape index (κ1) is 19.1. The number of carbonyl (C=O) groups is 1. The van der Waals surface area contributed by atoms with E-state index in [4.69, 9.17) is 16.9 Å². The Balaban J connectivity index is 2.09. The number of rotatable bonds is 7. The normalized spacial score (nSPS) is 11.4. The van der Waals surface area contributed by atoms with Gasteiger partial charge in [0.1, 0.15) is 0 Å². The highest BCUT2D eigenvalue weighted by molar-refractivity contribution is 8.00. The molecule has 1 atom stereocenters. The second kappa shape index (κ2) is 9.31. The fraction of sp³-hybridized carbons (Fsp3) is 0.200. The highest BCUT2D eigenvalue weighted by Crippen LogP contribution is 2.31. The topological polar surface area (TPSA) is 44.1 Å². The minimum Gasteiger partial charge on any atom is -0.334 e. The van der Waals surface area contributed by atoms with Crippen molar-refractivity contribution in [1.29, 1.82) is 5.26 Å². The Morgan fingerprint density at radius 1 is 1.32 bits per heavy atom. The first-order valence-corrected chi connectivity index (χ1v) is 9.11. The van der Waals surface area contributed by atoms with Crippen LogP contribution < -0.4 is 0 Å². The van der Waals surface area contributed by atoms with Gasteiger partial charge in [-0.05, 0) is 36.8 Å². The Morgan fingerprint density at radius 2 is 2.00 bits per heavy atom. The van der Waals surface area contributed by atoms with Gasteiger partial charge in [0, 0.05) is 18.0 Å². The fourth-order valence-electron chi connectivity index (χ4n) is 2.33. The first-order chi connectivity index (χ1) is 12.0. The molecule has 0 spiro atoms. The summed E-state index contributed by atoms with van der Waals surface area (Å²) in [5.74, 6) is 0.0224. The lowest BCUT2D eigenvalue weighted by atomic mass is 10.1. The van der Waals surface area contributed by atoms with Crippen LogP contribution in [0.5, 0.6) is 0 Å². The third-order valence-electron chi connectivity index (χ3n) is 3.61. The van der Waals surface area contributed by atoms with Gasteiger partial charge in [0.25, 0.3) is 0 Å². The Labute approximate surface area is 157 Å². The van der Waals surface area contributed by atoms with E-state index in [1.54, 1.807) is 23.1 Å². The molecule has 0 N–H and O–H groups in total. The van der Waals surface area contributed by atoms with Gasteiger partial charge in [-0.15, -0.1) is 18.3 Å². The van der Waals surface area contributed by atoms with Gasteiger partial charge in [0.15, 0.2) is 0 Å². The second-order valence-corrected chi connectivity index (χ2v) is 7.30. The van der Waals surface area contributed by atoms with Crippen molar-refractivity contribution in [3.63, 3.8) is 0 Å². The second-order valence-electron chi connectivity index (χ2n) is 5.51.